The first kappa shape index (κ1) is 17.9. The van der Waals surface area contributed by atoms with Crippen LogP contribution in [-0.4, -0.2) is 48.0 Å². The number of methoxy groups -OCH3 is 1. The minimum atomic E-state index is -0.131. The average molecular weight is 317 g/mol. The van der Waals surface area contributed by atoms with Gasteiger partial charge in [0.2, 0.25) is 0 Å². The van der Waals surface area contributed by atoms with Crippen molar-refractivity contribution in [3.63, 3.8) is 0 Å². The number of hydrogen-bond donors (Lipinski definition) is 2. The normalized spacial score (nSPS) is 21.1. The molecule has 0 saturated carbocycles. The Labute approximate surface area is 132 Å². The second-order valence-electron chi connectivity index (χ2n) is 5.60. The Bertz CT molecular complexity index is 495. The molecule has 2 N–H and O–H groups in total. The fourth-order valence-corrected chi connectivity index (χ4v) is 2.91. The Balaban J connectivity index is 0.00000220. The molecule has 21 heavy (non-hydrogen) atoms. The number of amides is 1. The van der Waals surface area contributed by atoms with Crippen LogP contribution in [0, 0.1) is 13.8 Å². The lowest BCUT2D eigenvalue weighted by Gasteiger charge is -2.29. The number of aryl methyl sites for hydroxylation is 2. The van der Waals surface area contributed by atoms with Crippen LogP contribution in [0.4, 0.5) is 0 Å². The Kier molecular flexibility index (Phi) is 6.19. The molecule has 7 heteroatoms. The van der Waals surface area contributed by atoms with Crippen LogP contribution in [0.5, 0.6) is 0 Å². The first-order chi connectivity index (χ1) is 9.49. The van der Waals surface area contributed by atoms with Crippen molar-refractivity contribution < 1.29 is 9.53 Å². The molecule has 2 heterocycles. The smallest absolute Gasteiger partial charge is 0.255 e. The number of carbonyl (C=O) groups is 1. The Morgan fingerprint density at radius 1 is 1.52 bits per heavy atom. The third kappa shape index (κ3) is 3.75. The highest BCUT2D eigenvalue weighted by Crippen LogP contribution is 2.19. The summed E-state index contributed by atoms with van der Waals surface area (Å²) in [6, 6.07) is 0. The molecule has 1 amide bonds. The van der Waals surface area contributed by atoms with Crippen LogP contribution in [-0.2, 0) is 11.8 Å². The van der Waals surface area contributed by atoms with E-state index in [-0.39, 0.29) is 23.9 Å². The third-order valence-electron chi connectivity index (χ3n) is 4.08. The molecule has 1 aromatic heterocycles. The number of carbonyl (C=O) groups excluding carboxylic acids is 1. The molecule has 0 spiro atoms. The maximum atomic E-state index is 12.4. The summed E-state index contributed by atoms with van der Waals surface area (Å²) in [4.78, 5) is 12.4. The quantitative estimate of drug-likeness (QED) is 0.849. The zero-order chi connectivity index (χ0) is 14.8. The molecule has 120 valence electrons. The van der Waals surface area contributed by atoms with Crippen LogP contribution in [0.2, 0.25) is 0 Å². The van der Waals surface area contributed by atoms with Crippen molar-refractivity contribution >= 4 is 18.3 Å². The molecule has 0 aliphatic carbocycles. The van der Waals surface area contributed by atoms with Crippen LogP contribution in [0.3, 0.4) is 0 Å². The zero-order valence-electron chi connectivity index (χ0n) is 13.2. The van der Waals surface area contributed by atoms with Crippen molar-refractivity contribution in [2.45, 2.75) is 32.2 Å². The summed E-state index contributed by atoms with van der Waals surface area (Å²) in [7, 11) is 3.54. The van der Waals surface area contributed by atoms with Crippen LogP contribution in [0.1, 0.15) is 34.6 Å². The van der Waals surface area contributed by atoms with Crippen molar-refractivity contribution in [1.29, 1.82) is 0 Å². The van der Waals surface area contributed by atoms with Crippen molar-refractivity contribution in [2.24, 2.45) is 7.05 Å². The van der Waals surface area contributed by atoms with Gasteiger partial charge in [-0.1, -0.05) is 0 Å². The topological polar surface area (TPSA) is 68.2 Å². The lowest BCUT2D eigenvalue weighted by atomic mass is 9.98. The van der Waals surface area contributed by atoms with Gasteiger partial charge in [-0.25, -0.2) is 0 Å². The second-order valence-corrected chi connectivity index (χ2v) is 5.60. The molecule has 1 aliphatic heterocycles. The number of ether oxygens (including phenoxy) is 1. The highest BCUT2D eigenvalue weighted by molar-refractivity contribution is 5.96. The number of nitrogens with one attached hydrogen (secondary N) is 2. The van der Waals surface area contributed by atoms with E-state index < -0.39 is 0 Å². The molecule has 1 aliphatic rings. The van der Waals surface area contributed by atoms with Gasteiger partial charge in [-0.2, -0.15) is 5.10 Å². The molecular formula is C14H25ClN4O2. The van der Waals surface area contributed by atoms with Gasteiger partial charge in [-0.3, -0.25) is 9.48 Å². The van der Waals surface area contributed by atoms with E-state index in [1.165, 1.54) is 0 Å². The van der Waals surface area contributed by atoms with Crippen molar-refractivity contribution in [2.75, 3.05) is 26.8 Å². The van der Waals surface area contributed by atoms with Gasteiger partial charge in [-0.05, 0) is 33.2 Å². The van der Waals surface area contributed by atoms with Gasteiger partial charge >= 0.3 is 0 Å². The highest BCUT2D eigenvalue weighted by atomic mass is 35.5. The molecule has 2 rings (SSSR count). The number of hydrogen-bond acceptors (Lipinski definition) is 4. The largest absolute Gasteiger partial charge is 0.383 e. The molecule has 1 aromatic rings. The molecule has 0 bridgehead atoms. The lowest BCUT2D eigenvalue weighted by Crippen LogP contribution is -2.53. The predicted molar refractivity (Wildman–Crippen MR) is 84.1 cm³/mol. The average Bonchev–Trinajstić information content (AvgIpc) is 2.95. The van der Waals surface area contributed by atoms with Crippen molar-refractivity contribution in [3.05, 3.63) is 17.0 Å². The second kappa shape index (κ2) is 7.24. The first-order valence-corrected chi connectivity index (χ1v) is 7.01. The Hall–Kier alpha value is -1.11. The fraction of sp³-hybridized carbons (Fsp3) is 0.714. The maximum Gasteiger partial charge on any atom is 0.255 e. The molecular weight excluding hydrogens is 292 g/mol. The van der Waals surface area contributed by atoms with E-state index in [0.717, 1.165) is 30.8 Å². The molecule has 0 aromatic carbocycles. The van der Waals surface area contributed by atoms with Gasteiger partial charge in [0.15, 0.2) is 0 Å². The van der Waals surface area contributed by atoms with E-state index in [1.54, 1.807) is 11.8 Å². The predicted octanol–water partition coefficient (Wildman–Crippen LogP) is 0.957. The standard InChI is InChI=1S/C14H24N4O2.ClH/c1-10-12(11(2)18(3)17-10)13(19)15-8-14(9-20-4)6-5-7-16-14;/h16H,5-9H2,1-4H3,(H,15,19);1H. The number of nitrogens with zero attached hydrogens (tertiary/aromatic N) is 2. The summed E-state index contributed by atoms with van der Waals surface area (Å²) in [5, 5.41) is 10.8. The lowest BCUT2D eigenvalue weighted by molar-refractivity contribution is 0.0891. The van der Waals surface area contributed by atoms with Gasteiger partial charge in [0.1, 0.15) is 0 Å². The highest BCUT2D eigenvalue weighted by Gasteiger charge is 2.34. The minimum absolute atomic E-state index is 0. The number of halogens is 1. The Morgan fingerprint density at radius 3 is 2.71 bits per heavy atom. The summed E-state index contributed by atoms with van der Waals surface area (Å²) < 4.78 is 7.03. The van der Waals surface area contributed by atoms with Crippen molar-refractivity contribution in [1.82, 2.24) is 20.4 Å². The Morgan fingerprint density at radius 2 is 2.24 bits per heavy atom. The summed E-state index contributed by atoms with van der Waals surface area (Å²) in [6.07, 6.45) is 2.14. The van der Waals surface area contributed by atoms with Gasteiger partial charge in [0.25, 0.3) is 5.91 Å². The monoisotopic (exact) mass is 316 g/mol. The van der Waals surface area contributed by atoms with E-state index >= 15 is 0 Å². The molecule has 1 unspecified atom stereocenters. The molecule has 1 fully saturated rings. The minimum Gasteiger partial charge on any atom is -0.383 e. The number of aromatic nitrogens is 2. The van der Waals surface area contributed by atoms with Gasteiger partial charge < -0.3 is 15.4 Å². The number of rotatable bonds is 5. The van der Waals surface area contributed by atoms with E-state index in [2.05, 4.69) is 15.7 Å². The van der Waals surface area contributed by atoms with Crippen LogP contribution in [0.15, 0.2) is 0 Å². The molecule has 6 nitrogen and oxygen atoms in total. The summed E-state index contributed by atoms with van der Waals surface area (Å²) in [6.45, 7) is 5.93. The van der Waals surface area contributed by atoms with Crippen LogP contribution in [0.25, 0.3) is 0 Å². The molecule has 0 radical (unpaired) electrons. The van der Waals surface area contributed by atoms with Crippen LogP contribution >= 0.6 is 12.4 Å². The SMILES string of the molecule is COCC1(CNC(=O)c2c(C)nn(C)c2C)CCCN1.Cl. The summed E-state index contributed by atoms with van der Waals surface area (Å²) in [5.74, 6) is -0.0581. The van der Waals surface area contributed by atoms with E-state index in [9.17, 15) is 4.79 Å². The molecule has 1 saturated heterocycles. The van der Waals surface area contributed by atoms with Crippen LogP contribution < -0.4 is 10.6 Å². The van der Waals surface area contributed by atoms with Gasteiger partial charge in [0.05, 0.1) is 23.4 Å². The summed E-state index contributed by atoms with van der Waals surface area (Å²) >= 11 is 0. The third-order valence-corrected chi connectivity index (χ3v) is 4.08. The first-order valence-electron chi connectivity index (χ1n) is 7.01. The summed E-state index contributed by atoms with van der Waals surface area (Å²) in [5.41, 5.74) is 2.20. The van der Waals surface area contributed by atoms with E-state index in [4.69, 9.17) is 4.74 Å². The van der Waals surface area contributed by atoms with Crippen molar-refractivity contribution in [3.8, 4) is 0 Å². The molecule has 1 atom stereocenters. The fourth-order valence-electron chi connectivity index (χ4n) is 2.91. The van der Waals surface area contributed by atoms with E-state index in [0.29, 0.717) is 18.7 Å². The van der Waals surface area contributed by atoms with Gasteiger partial charge in [0, 0.05) is 26.4 Å². The van der Waals surface area contributed by atoms with E-state index in [1.807, 2.05) is 20.9 Å². The maximum absolute atomic E-state index is 12.4. The zero-order valence-corrected chi connectivity index (χ0v) is 14.0. The van der Waals surface area contributed by atoms with Gasteiger partial charge in [-0.15, -0.1) is 12.4 Å².